The monoisotopic (exact) mass is 420 g/mol. The maximum absolute atomic E-state index is 13.1. The molecule has 30 heavy (non-hydrogen) atoms. The van der Waals surface area contributed by atoms with E-state index < -0.39 is 5.60 Å². The summed E-state index contributed by atoms with van der Waals surface area (Å²) in [5, 5.41) is 0.524. The van der Waals surface area contributed by atoms with Crippen molar-refractivity contribution in [1.29, 1.82) is 0 Å². The van der Waals surface area contributed by atoms with Crippen LogP contribution in [0.1, 0.15) is 29.6 Å². The molecule has 1 saturated heterocycles. The number of hydrogen-bond donors (Lipinski definition) is 1. The summed E-state index contributed by atoms with van der Waals surface area (Å²) in [6.45, 7) is 8.47. The molecule has 2 aromatic rings. The Morgan fingerprint density at radius 1 is 1.17 bits per heavy atom. The van der Waals surface area contributed by atoms with Crippen LogP contribution in [0.5, 0.6) is 0 Å². The fourth-order valence-corrected chi connectivity index (χ4v) is 5.02. The van der Waals surface area contributed by atoms with Crippen LogP contribution in [-0.2, 0) is 9.53 Å². The molecular formula is C24H24N2O3S. The highest BCUT2D eigenvalue weighted by atomic mass is 32.1. The number of nitrogen functional groups attached to an aromatic ring is 1. The van der Waals surface area contributed by atoms with Crippen molar-refractivity contribution in [1.82, 2.24) is 4.90 Å². The molecule has 0 radical (unpaired) electrons. The van der Waals surface area contributed by atoms with E-state index in [-0.39, 0.29) is 11.7 Å². The van der Waals surface area contributed by atoms with Crippen molar-refractivity contribution in [3.05, 3.63) is 78.6 Å². The van der Waals surface area contributed by atoms with E-state index in [0.717, 1.165) is 10.4 Å². The van der Waals surface area contributed by atoms with Gasteiger partial charge in [-0.05, 0) is 17.7 Å². The van der Waals surface area contributed by atoms with Gasteiger partial charge in [0.05, 0.1) is 22.6 Å². The normalized spacial score (nSPS) is 18.3. The highest BCUT2D eigenvalue weighted by Gasteiger charge is 2.43. The second-order valence-electron chi connectivity index (χ2n) is 7.62. The number of piperidine rings is 1. The predicted octanol–water partition coefficient (Wildman–Crippen LogP) is 4.59. The van der Waals surface area contributed by atoms with Gasteiger partial charge in [-0.15, -0.1) is 11.3 Å². The van der Waals surface area contributed by atoms with Gasteiger partial charge in [0.1, 0.15) is 11.4 Å². The van der Waals surface area contributed by atoms with Gasteiger partial charge in [-0.3, -0.25) is 9.59 Å². The van der Waals surface area contributed by atoms with Gasteiger partial charge in [0.25, 0.3) is 5.91 Å². The van der Waals surface area contributed by atoms with Crippen LogP contribution in [0.2, 0.25) is 0 Å². The van der Waals surface area contributed by atoms with Gasteiger partial charge >= 0.3 is 0 Å². The maximum Gasteiger partial charge on any atom is 0.256 e. The van der Waals surface area contributed by atoms with E-state index in [1.54, 1.807) is 11.0 Å². The summed E-state index contributed by atoms with van der Waals surface area (Å²) >= 11 is 1.42. The Balaban J connectivity index is 1.49. The lowest BCUT2D eigenvalue weighted by molar-refractivity contribution is -0.127. The summed E-state index contributed by atoms with van der Waals surface area (Å²) in [6, 6.07) is 11.8. The summed E-state index contributed by atoms with van der Waals surface area (Å²) in [5.41, 5.74) is 7.66. The summed E-state index contributed by atoms with van der Waals surface area (Å²) < 4.78 is 6.17. The number of hydrogen-bond acceptors (Lipinski definition) is 5. The number of carbonyl (C=O) groups excluding carboxylic acids is 2. The van der Waals surface area contributed by atoms with Crippen LogP contribution >= 0.6 is 11.3 Å². The molecule has 1 amide bonds. The molecule has 4 rings (SSSR count). The van der Waals surface area contributed by atoms with Crippen molar-refractivity contribution in [2.45, 2.75) is 24.9 Å². The molecule has 2 aliphatic heterocycles. The van der Waals surface area contributed by atoms with E-state index in [1.807, 2.05) is 36.4 Å². The van der Waals surface area contributed by atoms with Crippen molar-refractivity contribution < 1.29 is 14.3 Å². The molecule has 6 heteroatoms. The van der Waals surface area contributed by atoms with Crippen molar-refractivity contribution in [2.75, 3.05) is 18.8 Å². The number of thiophene rings is 1. The fraction of sp³-hybridized carbons (Fsp3) is 0.250. The quantitative estimate of drug-likeness (QED) is 0.785. The highest BCUT2D eigenvalue weighted by molar-refractivity contribution is 7.19. The second-order valence-corrected chi connectivity index (χ2v) is 8.70. The Hall–Kier alpha value is -3.12. The Morgan fingerprint density at radius 2 is 1.87 bits per heavy atom. The maximum atomic E-state index is 13.1. The molecule has 1 aromatic heterocycles. The van der Waals surface area contributed by atoms with Gasteiger partial charge in [0, 0.05) is 30.8 Å². The summed E-state index contributed by atoms with van der Waals surface area (Å²) in [4.78, 5) is 28.4. The fourth-order valence-electron chi connectivity index (χ4n) is 4.10. The Bertz CT molecular complexity index is 1040. The lowest BCUT2D eigenvalue weighted by Crippen LogP contribution is -2.50. The molecule has 2 aliphatic rings. The van der Waals surface area contributed by atoms with Crippen LogP contribution in [0.4, 0.5) is 5.00 Å². The highest BCUT2D eigenvalue weighted by Crippen LogP contribution is 2.39. The number of benzene rings is 1. The van der Waals surface area contributed by atoms with Gasteiger partial charge in [-0.2, -0.15) is 0 Å². The number of nitrogens with zero attached hydrogens (tertiary/aromatic N) is 1. The minimum atomic E-state index is -0.584. The molecule has 154 valence electrons. The molecule has 0 aliphatic carbocycles. The first-order chi connectivity index (χ1) is 14.5. The van der Waals surface area contributed by atoms with Crippen LogP contribution in [0, 0.1) is 0 Å². The van der Waals surface area contributed by atoms with E-state index in [2.05, 4.69) is 13.2 Å². The molecule has 5 nitrogen and oxygen atoms in total. The third-order valence-corrected chi connectivity index (χ3v) is 6.79. The molecular weight excluding hydrogens is 396 g/mol. The molecule has 0 saturated carbocycles. The Kier molecular flexibility index (Phi) is 5.35. The van der Waals surface area contributed by atoms with Crippen molar-refractivity contribution in [2.24, 2.45) is 0 Å². The van der Waals surface area contributed by atoms with Gasteiger partial charge in [0.2, 0.25) is 0 Å². The first kappa shape index (κ1) is 20.2. The minimum Gasteiger partial charge on any atom is -0.486 e. The van der Waals surface area contributed by atoms with Gasteiger partial charge in [0.15, 0.2) is 5.78 Å². The number of rotatable bonds is 4. The summed E-state index contributed by atoms with van der Waals surface area (Å²) in [7, 11) is 0. The molecule has 3 heterocycles. The van der Waals surface area contributed by atoms with Gasteiger partial charge in [-0.25, -0.2) is 0 Å². The molecule has 2 N–H and O–H groups in total. The van der Waals surface area contributed by atoms with E-state index in [1.165, 1.54) is 17.4 Å². The molecule has 1 spiro atoms. The third kappa shape index (κ3) is 3.59. The van der Waals surface area contributed by atoms with Crippen LogP contribution in [0.25, 0.3) is 10.4 Å². The number of ether oxygens (including phenoxy) is 1. The standard InChI is InChI=1S/C24H24N2O3S/c1-3-17-19(27)15-24(29-20(17)4-2)10-12-26(13-11-24)23(28)18-14-21(30-22(18)25)16-8-6-5-7-9-16/h3-9,14H,1-2,10-13,15,25H2. The number of ketones is 1. The molecule has 0 atom stereocenters. The average molecular weight is 421 g/mol. The zero-order valence-electron chi connectivity index (χ0n) is 16.7. The van der Waals surface area contributed by atoms with E-state index in [4.69, 9.17) is 10.5 Å². The topological polar surface area (TPSA) is 72.6 Å². The number of amides is 1. The van der Waals surface area contributed by atoms with Gasteiger partial charge < -0.3 is 15.4 Å². The first-order valence-corrected chi connectivity index (χ1v) is 10.7. The lowest BCUT2D eigenvalue weighted by Gasteiger charge is -2.44. The molecule has 1 fully saturated rings. The predicted molar refractivity (Wildman–Crippen MR) is 120 cm³/mol. The number of allylic oxidation sites excluding steroid dienone is 3. The van der Waals surface area contributed by atoms with Crippen LogP contribution in [0.3, 0.4) is 0 Å². The number of likely N-dealkylation sites (tertiary alicyclic amines) is 1. The Morgan fingerprint density at radius 3 is 2.50 bits per heavy atom. The number of Topliss-reactive ketones (excluding diaryl/α,β-unsaturated/α-hetero) is 1. The van der Waals surface area contributed by atoms with E-state index >= 15 is 0 Å². The van der Waals surface area contributed by atoms with Crippen LogP contribution < -0.4 is 5.73 Å². The van der Waals surface area contributed by atoms with E-state index in [0.29, 0.717) is 54.2 Å². The Labute approximate surface area is 180 Å². The summed E-state index contributed by atoms with van der Waals surface area (Å²) in [5.74, 6) is 0.422. The van der Waals surface area contributed by atoms with Crippen molar-refractivity contribution in [3.63, 3.8) is 0 Å². The third-order valence-electron chi connectivity index (χ3n) is 5.78. The second kappa shape index (κ2) is 7.95. The average Bonchev–Trinajstić information content (AvgIpc) is 3.15. The van der Waals surface area contributed by atoms with Crippen LogP contribution in [0.15, 0.2) is 73.0 Å². The zero-order valence-corrected chi connectivity index (χ0v) is 17.5. The number of anilines is 1. The molecule has 1 aromatic carbocycles. The minimum absolute atomic E-state index is 0.0144. The smallest absolute Gasteiger partial charge is 0.256 e. The zero-order chi connectivity index (χ0) is 21.3. The molecule has 0 unspecified atom stereocenters. The largest absolute Gasteiger partial charge is 0.486 e. The van der Waals surface area contributed by atoms with E-state index in [9.17, 15) is 9.59 Å². The number of nitrogens with two attached hydrogens (primary N) is 1. The first-order valence-electron chi connectivity index (χ1n) is 9.92. The van der Waals surface area contributed by atoms with Crippen molar-refractivity contribution in [3.8, 4) is 10.4 Å². The number of carbonyl (C=O) groups is 2. The van der Waals surface area contributed by atoms with Gasteiger partial charge in [-0.1, -0.05) is 49.6 Å². The van der Waals surface area contributed by atoms with Crippen LogP contribution in [-0.4, -0.2) is 35.3 Å². The molecule has 0 bridgehead atoms. The summed E-state index contributed by atoms with van der Waals surface area (Å²) in [6.07, 6.45) is 4.55. The SMILES string of the molecule is C=CC1=C(C=C)C(=O)CC2(CCN(C(=O)c3cc(-c4ccccc4)sc3N)CC2)O1. The lowest BCUT2D eigenvalue weighted by atomic mass is 9.82. The van der Waals surface area contributed by atoms with Crippen molar-refractivity contribution >= 4 is 28.0 Å².